The van der Waals surface area contributed by atoms with Crippen LogP contribution in [0.25, 0.3) is 0 Å². The molecule has 170 valence electrons. The van der Waals surface area contributed by atoms with Crippen molar-refractivity contribution < 1.29 is 29.4 Å². The fourth-order valence-corrected chi connectivity index (χ4v) is 2.67. The second kappa shape index (κ2) is 11.3. The molecule has 0 spiro atoms. The van der Waals surface area contributed by atoms with Gasteiger partial charge in [-0.3, -0.25) is 14.8 Å². The molecule has 12 heteroatoms. The average Bonchev–Trinajstić information content (AvgIpc) is 2.75. The molecule has 0 fully saturated rings. The number of urea groups is 1. The number of Topliss-reactive ketones (excluding diaryl/α,β-unsaturated/α-hetero) is 1. The lowest BCUT2D eigenvalue weighted by Gasteiger charge is -2.24. The first-order chi connectivity index (χ1) is 15.2. The number of phenolic OH excluding ortho intramolecular Hbond substituents is 1. The van der Waals surface area contributed by atoms with Crippen LogP contribution in [-0.4, -0.2) is 40.9 Å². The molecule has 0 aliphatic rings. The molecule has 0 saturated carbocycles. The van der Waals surface area contributed by atoms with Gasteiger partial charge in [-0.05, 0) is 36.8 Å². The summed E-state index contributed by atoms with van der Waals surface area (Å²) in [5.41, 5.74) is 7.38. The average molecular weight is 444 g/mol. The second-order valence-electron chi connectivity index (χ2n) is 6.48. The van der Waals surface area contributed by atoms with Crippen LogP contribution in [0.15, 0.2) is 47.6 Å². The molecule has 12 nitrogen and oxygen atoms in total. The molecule has 0 bridgehead atoms. The van der Waals surface area contributed by atoms with Crippen LogP contribution in [0.4, 0.5) is 16.2 Å². The number of phenols is 1. The van der Waals surface area contributed by atoms with Crippen LogP contribution >= 0.6 is 0 Å². The monoisotopic (exact) mass is 444 g/mol. The molecule has 2 aromatic carbocycles. The second-order valence-corrected chi connectivity index (χ2v) is 6.48. The Morgan fingerprint density at radius 1 is 1.19 bits per heavy atom. The highest BCUT2D eigenvalue weighted by atomic mass is 16.8. The van der Waals surface area contributed by atoms with Gasteiger partial charge in [0.25, 0.3) is 0 Å². The number of hydrazone groups is 1. The lowest BCUT2D eigenvalue weighted by molar-refractivity contribution is -0.116. The Balaban J connectivity index is 2.08. The highest BCUT2D eigenvalue weighted by Crippen LogP contribution is 2.27. The molecule has 0 atom stereocenters. The van der Waals surface area contributed by atoms with E-state index in [1.807, 2.05) is 5.43 Å². The summed E-state index contributed by atoms with van der Waals surface area (Å²) in [6.45, 7) is 0. The Hall–Kier alpha value is -4.16. The van der Waals surface area contributed by atoms with Gasteiger partial charge in [-0.2, -0.15) is 5.10 Å². The first-order valence-electron chi connectivity index (χ1n) is 9.27. The summed E-state index contributed by atoms with van der Waals surface area (Å²) in [6.07, 6.45) is -0.414. The van der Waals surface area contributed by atoms with Gasteiger partial charge in [0.05, 0.1) is 24.9 Å². The van der Waals surface area contributed by atoms with Crippen molar-refractivity contribution in [1.82, 2.24) is 5.43 Å². The number of anilines is 2. The molecule has 3 amide bonds. The van der Waals surface area contributed by atoms with Gasteiger partial charge in [0.15, 0.2) is 17.3 Å². The van der Waals surface area contributed by atoms with E-state index in [4.69, 9.17) is 15.7 Å². The number of carbonyl (C=O) groups is 3. The third-order valence-corrected chi connectivity index (χ3v) is 4.22. The van der Waals surface area contributed by atoms with E-state index < -0.39 is 17.7 Å². The van der Waals surface area contributed by atoms with E-state index in [0.717, 1.165) is 0 Å². The first-order valence-corrected chi connectivity index (χ1v) is 9.27. The zero-order valence-electron chi connectivity index (χ0n) is 17.1. The lowest BCUT2D eigenvalue weighted by Crippen LogP contribution is -2.26. The Kier molecular flexibility index (Phi) is 8.51. The fourth-order valence-electron chi connectivity index (χ4n) is 2.67. The quantitative estimate of drug-likeness (QED) is 0.209. The van der Waals surface area contributed by atoms with Crippen molar-refractivity contribution in [3.05, 3.63) is 53.2 Å². The van der Waals surface area contributed by atoms with E-state index in [0.29, 0.717) is 0 Å². The topological polar surface area (TPSA) is 190 Å². The number of nitrogens with two attached hydrogens (primary N) is 1. The number of ketones is 1. The summed E-state index contributed by atoms with van der Waals surface area (Å²) in [7, 11) is 1.34. The first kappa shape index (κ1) is 24.1. The van der Waals surface area contributed by atoms with Crippen molar-refractivity contribution in [1.29, 1.82) is 0 Å². The Labute approximate surface area is 182 Å². The number of amides is 3. The van der Waals surface area contributed by atoms with Crippen molar-refractivity contribution in [3.63, 3.8) is 0 Å². The van der Waals surface area contributed by atoms with Crippen molar-refractivity contribution >= 4 is 34.8 Å². The number of carbonyl (C=O) groups excluding carboxylic acids is 3. The van der Waals surface area contributed by atoms with Crippen LogP contribution in [0.2, 0.25) is 0 Å². The molecule has 32 heavy (non-hydrogen) atoms. The summed E-state index contributed by atoms with van der Waals surface area (Å²) in [5.74, 6) is -0.949. The van der Waals surface area contributed by atoms with Crippen LogP contribution in [0, 0.1) is 5.21 Å². The molecule has 0 aromatic heterocycles. The summed E-state index contributed by atoms with van der Waals surface area (Å²) in [4.78, 5) is 35.9. The van der Waals surface area contributed by atoms with Gasteiger partial charge in [-0.25, -0.2) is 10.2 Å². The minimum absolute atomic E-state index is 0.0184. The van der Waals surface area contributed by atoms with Gasteiger partial charge in [0.2, 0.25) is 5.91 Å². The number of methoxy groups -OCH3 is 1. The molecule has 0 saturated heterocycles. The van der Waals surface area contributed by atoms with E-state index in [1.165, 1.54) is 43.5 Å². The smallest absolute Gasteiger partial charge is 0.332 e. The van der Waals surface area contributed by atoms with E-state index >= 15 is 0 Å². The summed E-state index contributed by atoms with van der Waals surface area (Å²) >= 11 is 0. The SMILES string of the molecule is COc1cc(C(=O)C/C(CCC(=O)Nc2ccccc2N([O-])O)=N\NC(N)=O)ccc1O. The molecule has 2 aromatic rings. The maximum Gasteiger partial charge on any atom is 0.332 e. The zero-order valence-corrected chi connectivity index (χ0v) is 17.1. The third kappa shape index (κ3) is 6.97. The van der Waals surface area contributed by atoms with Gasteiger partial charge >= 0.3 is 6.03 Å². The molecule has 0 radical (unpaired) electrons. The van der Waals surface area contributed by atoms with Crippen LogP contribution < -0.4 is 26.4 Å². The number of primary amides is 1. The minimum atomic E-state index is -0.946. The molecule has 0 heterocycles. The number of para-hydroxylation sites is 2. The van der Waals surface area contributed by atoms with Crippen LogP contribution in [0.1, 0.15) is 29.6 Å². The number of hydrogen-bond donors (Lipinski definition) is 5. The Bertz CT molecular complexity index is 1020. The number of rotatable bonds is 10. The lowest BCUT2D eigenvalue weighted by atomic mass is 10.0. The molecule has 6 N–H and O–H groups in total. The molecule has 0 aliphatic carbocycles. The van der Waals surface area contributed by atoms with Gasteiger partial charge in [-0.15, -0.1) is 0 Å². The predicted octanol–water partition coefficient (Wildman–Crippen LogP) is 2.11. The number of benzene rings is 2. The van der Waals surface area contributed by atoms with E-state index in [2.05, 4.69) is 10.4 Å². The predicted molar refractivity (Wildman–Crippen MR) is 116 cm³/mol. The summed E-state index contributed by atoms with van der Waals surface area (Å²) < 4.78 is 4.98. The van der Waals surface area contributed by atoms with Crippen molar-refractivity contribution in [2.75, 3.05) is 17.7 Å². The van der Waals surface area contributed by atoms with Gasteiger partial charge < -0.3 is 31.3 Å². The number of ether oxygens (including phenoxy) is 1. The highest BCUT2D eigenvalue weighted by molar-refractivity contribution is 6.11. The molecule has 2 rings (SSSR count). The minimum Gasteiger partial charge on any atom is -0.733 e. The number of nitrogens with zero attached hydrogens (tertiary/aromatic N) is 2. The van der Waals surface area contributed by atoms with Crippen molar-refractivity contribution in [2.24, 2.45) is 10.8 Å². The van der Waals surface area contributed by atoms with Crippen molar-refractivity contribution in [2.45, 2.75) is 19.3 Å². The number of nitrogens with one attached hydrogen (secondary N) is 2. The number of hydrogen-bond acceptors (Lipinski definition) is 9. The molecular weight excluding hydrogens is 422 g/mol. The Morgan fingerprint density at radius 3 is 2.56 bits per heavy atom. The van der Waals surface area contributed by atoms with Gasteiger partial charge in [-0.1, -0.05) is 12.1 Å². The van der Waals surface area contributed by atoms with Gasteiger partial charge in [0, 0.05) is 17.7 Å². The zero-order chi connectivity index (χ0) is 23.7. The van der Waals surface area contributed by atoms with E-state index in [-0.39, 0.29) is 58.6 Å². The summed E-state index contributed by atoms with van der Waals surface area (Å²) in [6, 6.07) is 8.93. The van der Waals surface area contributed by atoms with E-state index in [1.54, 1.807) is 6.07 Å². The molecular formula is C20H22N5O7-. The molecule has 0 unspecified atom stereocenters. The normalized spacial score (nSPS) is 10.9. The van der Waals surface area contributed by atoms with Crippen LogP contribution in [0.5, 0.6) is 11.5 Å². The largest absolute Gasteiger partial charge is 0.733 e. The summed E-state index contributed by atoms with van der Waals surface area (Å²) in [5, 5.41) is 35.8. The molecule has 0 aliphatic heterocycles. The fraction of sp³-hybridized carbons (Fsp3) is 0.200. The maximum atomic E-state index is 12.6. The van der Waals surface area contributed by atoms with Crippen molar-refractivity contribution in [3.8, 4) is 11.5 Å². The Morgan fingerprint density at radius 2 is 1.91 bits per heavy atom. The number of aromatic hydroxyl groups is 1. The standard InChI is InChI=1S/C20H22N5O7/c1-32-18-10-12(6-8-16(18)26)17(27)11-13(23-24-20(21)29)7-9-19(28)22-14-4-2-3-5-15(14)25(30)31/h2-6,8,10,26,30H,7,9,11H2,1H3,(H,22,28)(H3,21,24,29)/q-1/b23-13-. The van der Waals surface area contributed by atoms with E-state index in [9.17, 15) is 24.7 Å². The highest BCUT2D eigenvalue weighted by Gasteiger charge is 2.15. The van der Waals surface area contributed by atoms with Crippen LogP contribution in [0.3, 0.4) is 0 Å². The maximum absolute atomic E-state index is 12.6. The van der Waals surface area contributed by atoms with Crippen LogP contribution in [-0.2, 0) is 4.79 Å². The van der Waals surface area contributed by atoms with Gasteiger partial charge in [0.1, 0.15) is 0 Å². The third-order valence-electron chi connectivity index (χ3n) is 4.22.